The molecule has 1 aliphatic heterocycles. The summed E-state index contributed by atoms with van der Waals surface area (Å²) < 4.78 is 5.91. The Balaban J connectivity index is 1.80. The van der Waals surface area contributed by atoms with Crippen LogP contribution < -0.4 is 10.1 Å². The van der Waals surface area contributed by atoms with Crippen LogP contribution in [0, 0.1) is 6.92 Å². The molecule has 0 saturated heterocycles. The highest BCUT2D eigenvalue weighted by Crippen LogP contribution is 2.21. The average molecular weight is 382 g/mol. The molecule has 0 fully saturated rings. The third-order valence-electron chi connectivity index (χ3n) is 4.23. The van der Waals surface area contributed by atoms with Gasteiger partial charge < -0.3 is 19.7 Å². The minimum Gasteiger partial charge on any atom is -0.473 e. The molecular weight excluding hydrogens is 360 g/mol. The van der Waals surface area contributed by atoms with Crippen molar-refractivity contribution in [1.29, 1.82) is 0 Å². The number of oxime groups is 2. The number of nitrogens with zero attached hydrogens (tertiary/aromatic N) is 3. The van der Waals surface area contributed by atoms with Gasteiger partial charge in [0.25, 0.3) is 5.91 Å². The van der Waals surface area contributed by atoms with Gasteiger partial charge >= 0.3 is 0 Å². The SMILES string of the molecule is CNC(=O)C(=NOC)c1ccccc1COc1ncc(C2=NOCC2)cc1C. The Morgan fingerprint density at radius 3 is 2.86 bits per heavy atom. The number of rotatable bonds is 7. The molecule has 0 spiro atoms. The fraction of sp³-hybridized carbons (Fsp3) is 0.300. The number of ether oxygens (including phenoxy) is 1. The van der Waals surface area contributed by atoms with Crippen molar-refractivity contribution in [3.63, 3.8) is 0 Å². The molecule has 1 aliphatic rings. The molecule has 1 N–H and O–H groups in total. The van der Waals surface area contributed by atoms with E-state index in [1.165, 1.54) is 7.11 Å². The number of amides is 1. The summed E-state index contributed by atoms with van der Waals surface area (Å²) >= 11 is 0. The van der Waals surface area contributed by atoms with Crippen molar-refractivity contribution >= 4 is 17.3 Å². The quantitative estimate of drug-likeness (QED) is 0.585. The Bertz CT molecular complexity index is 924. The van der Waals surface area contributed by atoms with Gasteiger partial charge in [0.15, 0.2) is 5.71 Å². The minimum absolute atomic E-state index is 0.184. The maximum absolute atomic E-state index is 12.1. The molecule has 0 saturated carbocycles. The van der Waals surface area contributed by atoms with Gasteiger partial charge in [0.2, 0.25) is 5.88 Å². The Hall–Kier alpha value is -3.42. The standard InChI is InChI=1S/C20H22N4O4/c1-13-10-15(17-8-9-28-23-17)11-22-20(13)27-12-14-6-4-5-7-16(14)18(24-26-3)19(25)21-2/h4-7,10-11H,8-9,12H2,1-3H3,(H,21,25). The zero-order valence-corrected chi connectivity index (χ0v) is 16.1. The zero-order valence-electron chi connectivity index (χ0n) is 16.1. The van der Waals surface area contributed by atoms with E-state index < -0.39 is 0 Å². The molecule has 0 atom stereocenters. The van der Waals surface area contributed by atoms with E-state index in [1.807, 2.05) is 31.2 Å². The van der Waals surface area contributed by atoms with Gasteiger partial charge in [-0.3, -0.25) is 4.79 Å². The number of nitrogens with one attached hydrogen (secondary N) is 1. The fourth-order valence-corrected chi connectivity index (χ4v) is 2.83. The molecular formula is C20H22N4O4. The first kappa shape index (κ1) is 19.3. The fourth-order valence-electron chi connectivity index (χ4n) is 2.83. The Labute approximate surface area is 163 Å². The lowest BCUT2D eigenvalue weighted by atomic mass is 10.0. The second kappa shape index (κ2) is 8.98. The first-order valence-electron chi connectivity index (χ1n) is 8.84. The normalized spacial score (nSPS) is 13.5. The van der Waals surface area contributed by atoms with Crippen molar-refractivity contribution in [2.24, 2.45) is 10.3 Å². The second-order valence-corrected chi connectivity index (χ2v) is 6.11. The number of hydrogen-bond donors (Lipinski definition) is 1. The maximum atomic E-state index is 12.1. The first-order valence-corrected chi connectivity index (χ1v) is 8.84. The molecule has 1 amide bonds. The summed E-state index contributed by atoms with van der Waals surface area (Å²) in [4.78, 5) is 26.4. The summed E-state index contributed by atoms with van der Waals surface area (Å²) in [6, 6.07) is 9.35. The van der Waals surface area contributed by atoms with Crippen LogP contribution in [-0.4, -0.2) is 43.1 Å². The average Bonchev–Trinajstić information content (AvgIpc) is 3.26. The molecule has 8 nitrogen and oxygen atoms in total. The highest BCUT2D eigenvalue weighted by molar-refractivity contribution is 6.45. The molecule has 146 valence electrons. The topological polar surface area (TPSA) is 94.4 Å². The smallest absolute Gasteiger partial charge is 0.273 e. The van der Waals surface area contributed by atoms with Crippen LogP contribution in [0.4, 0.5) is 0 Å². The van der Waals surface area contributed by atoms with Gasteiger partial charge in [0.05, 0.1) is 5.71 Å². The summed E-state index contributed by atoms with van der Waals surface area (Å²) in [6.07, 6.45) is 2.50. The lowest BCUT2D eigenvalue weighted by Crippen LogP contribution is -2.29. The van der Waals surface area contributed by atoms with E-state index >= 15 is 0 Å². The molecule has 1 aromatic heterocycles. The van der Waals surface area contributed by atoms with E-state index in [0.29, 0.717) is 18.1 Å². The molecule has 3 rings (SSSR count). The van der Waals surface area contributed by atoms with Gasteiger partial charge in [0.1, 0.15) is 20.3 Å². The summed E-state index contributed by atoms with van der Waals surface area (Å²) in [5.41, 5.74) is 4.32. The summed E-state index contributed by atoms with van der Waals surface area (Å²) in [6.45, 7) is 2.75. The van der Waals surface area contributed by atoms with Gasteiger partial charge in [-0.05, 0) is 18.6 Å². The molecule has 2 aromatic rings. The molecule has 28 heavy (non-hydrogen) atoms. The van der Waals surface area contributed by atoms with Crippen molar-refractivity contribution in [3.8, 4) is 5.88 Å². The van der Waals surface area contributed by atoms with Crippen molar-refractivity contribution in [3.05, 3.63) is 58.8 Å². The van der Waals surface area contributed by atoms with E-state index in [0.717, 1.165) is 28.8 Å². The molecule has 0 radical (unpaired) electrons. The first-order chi connectivity index (χ1) is 13.6. The monoisotopic (exact) mass is 382 g/mol. The minimum atomic E-state index is -0.340. The second-order valence-electron chi connectivity index (χ2n) is 6.11. The van der Waals surface area contributed by atoms with Crippen LogP contribution in [0.3, 0.4) is 0 Å². The molecule has 0 unspecified atom stereocenters. The predicted octanol–water partition coefficient (Wildman–Crippen LogP) is 2.19. The van der Waals surface area contributed by atoms with Crippen LogP contribution in [0.1, 0.15) is 28.7 Å². The third-order valence-corrected chi connectivity index (χ3v) is 4.23. The Morgan fingerprint density at radius 1 is 1.36 bits per heavy atom. The highest BCUT2D eigenvalue weighted by Gasteiger charge is 2.18. The number of hydrogen-bond acceptors (Lipinski definition) is 7. The van der Waals surface area contributed by atoms with Crippen molar-refractivity contribution in [2.75, 3.05) is 20.8 Å². The molecule has 0 aliphatic carbocycles. The van der Waals surface area contributed by atoms with Gasteiger partial charge in [0, 0.05) is 36.4 Å². The van der Waals surface area contributed by atoms with Gasteiger partial charge in [-0.25, -0.2) is 4.98 Å². The number of pyridine rings is 1. The zero-order chi connectivity index (χ0) is 19.9. The van der Waals surface area contributed by atoms with Crippen LogP contribution >= 0.6 is 0 Å². The lowest BCUT2D eigenvalue weighted by Gasteiger charge is -2.13. The lowest BCUT2D eigenvalue weighted by molar-refractivity contribution is -0.114. The van der Waals surface area contributed by atoms with E-state index in [-0.39, 0.29) is 18.2 Å². The Kier molecular flexibility index (Phi) is 6.21. The van der Waals surface area contributed by atoms with Crippen LogP contribution in [0.2, 0.25) is 0 Å². The van der Waals surface area contributed by atoms with Gasteiger partial charge in [-0.1, -0.05) is 34.6 Å². The number of aryl methyl sites for hydroxylation is 1. The van der Waals surface area contributed by atoms with Crippen molar-refractivity contribution < 1.29 is 19.2 Å². The third kappa shape index (κ3) is 4.28. The van der Waals surface area contributed by atoms with Gasteiger partial charge in [-0.2, -0.15) is 0 Å². The molecule has 0 bridgehead atoms. The molecule has 8 heteroatoms. The van der Waals surface area contributed by atoms with Crippen molar-refractivity contribution in [2.45, 2.75) is 20.0 Å². The highest BCUT2D eigenvalue weighted by atomic mass is 16.6. The van der Waals surface area contributed by atoms with Gasteiger partial charge in [-0.15, -0.1) is 0 Å². The van der Waals surface area contributed by atoms with Crippen LogP contribution in [0.15, 0.2) is 46.8 Å². The number of benzene rings is 1. The van der Waals surface area contributed by atoms with E-state index in [2.05, 4.69) is 20.6 Å². The maximum Gasteiger partial charge on any atom is 0.273 e. The van der Waals surface area contributed by atoms with E-state index in [9.17, 15) is 4.79 Å². The summed E-state index contributed by atoms with van der Waals surface area (Å²) in [5.74, 6) is 0.177. The number of aromatic nitrogens is 1. The number of carbonyl (C=O) groups is 1. The largest absolute Gasteiger partial charge is 0.473 e. The predicted molar refractivity (Wildman–Crippen MR) is 104 cm³/mol. The number of likely N-dealkylation sites (N-methyl/N-ethyl adjacent to an activating group) is 1. The van der Waals surface area contributed by atoms with Crippen LogP contribution in [0.5, 0.6) is 5.88 Å². The molecule has 2 heterocycles. The summed E-state index contributed by atoms with van der Waals surface area (Å²) in [5, 5.41) is 10.4. The number of carbonyl (C=O) groups excluding carboxylic acids is 1. The van der Waals surface area contributed by atoms with Crippen LogP contribution in [-0.2, 0) is 21.1 Å². The molecule has 1 aromatic carbocycles. The summed E-state index contributed by atoms with van der Waals surface area (Å²) in [7, 11) is 2.94. The van der Waals surface area contributed by atoms with Crippen LogP contribution in [0.25, 0.3) is 0 Å². The Morgan fingerprint density at radius 2 is 2.18 bits per heavy atom. The van der Waals surface area contributed by atoms with Crippen molar-refractivity contribution in [1.82, 2.24) is 10.3 Å². The van der Waals surface area contributed by atoms with E-state index in [4.69, 9.17) is 14.4 Å². The van der Waals surface area contributed by atoms with E-state index in [1.54, 1.807) is 19.3 Å².